The van der Waals surface area contributed by atoms with E-state index >= 15 is 0 Å². The lowest BCUT2D eigenvalue weighted by Crippen LogP contribution is -2.33. The molecule has 2 rings (SSSR count). The van der Waals surface area contributed by atoms with Crippen molar-refractivity contribution in [3.05, 3.63) is 47.6 Å². The molecule has 5 nitrogen and oxygen atoms in total. The van der Waals surface area contributed by atoms with Crippen LogP contribution in [0.25, 0.3) is 0 Å². The summed E-state index contributed by atoms with van der Waals surface area (Å²) in [4.78, 5) is 4.36. The van der Waals surface area contributed by atoms with Gasteiger partial charge in [0.05, 0.1) is 6.54 Å². The predicted octanol–water partition coefficient (Wildman–Crippen LogP) is 1.77. The average Bonchev–Trinajstić information content (AvgIpc) is 2.92. The Morgan fingerprint density at radius 2 is 2.00 bits per heavy atom. The van der Waals surface area contributed by atoms with Crippen molar-refractivity contribution in [2.45, 2.75) is 32.9 Å². The molecule has 0 bridgehead atoms. The molecule has 0 radical (unpaired) electrons. The summed E-state index contributed by atoms with van der Waals surface area (Å²) in [6.07, 6.45) is 0.674. The highest BCUT2D eigenvalue weighted by atomic mass is 16.5. The van der Waals surface area contributed by atoms with Gasteiger partial charge in [0.15, 0.2) is 5.82 Å². The van der Waals surface area contributed by atoms with Gasteiger partial charge in [0.25, 0.3) is 0 Å². The first-order valence-electron chi connectivity index (χ1n) is 6.88. The van der Waals surface area contributed by atoms with Gasteiger partial charge in [0.1, 0.15) is 0 Å². The lowest BCUT2D eigenvalue weighted by Gasteiger charge is -2.17. The van der Waals surface area contributed by atoms with E-state index in [0.29, 0.717) is 24.7 Å². The predicted molar refractivity (Wildman–Crippen MR) is 76.1 cm³/mol. The van der Waals surface area contributed by atoms with Crippen LogP contribution in [0.1, 0.15) is 31.1 Å². The van der Waals surface area contributed by atoms with Crippen LogP contribution in [0.2, 0.25) is 0 Å². The van der Waals surface area contributed by atoms with Crippen LogP contribution in [0, 0.1) is 5.92 Å². The maximum atomic E-state index is 9.08. The summed E-state index contributed by atoms with van der Waals surface area (Å²) in [5.74, 6) is 1.46. The molecule has 0 fully saturated rings. The number of nitrogens with zero attached hydrogens (tertiary/aromatic N) is 2. The average molecular weight is 275 g/mol. The monoisotopic (exact) mass is 275 g/mol. The maximum absolute atomic E-state index is 9.08. The minimum atomic E-state index is 0.164. The zero-order valence-electron chi connectivity index (χ0n) is 11.9. The number of aromatic nitrogens is 2. The molecule has 108 valence electrons. The van der Waals surface area contributed by atoms with Crippen LogP contribution in [0.5, 0.6) is 0 Å². The molecule has 2 unspecified atom stereocenters. The van der Waals surface area contributed by atoms with Gasteiger partial charge in [-0.3, -0.25) is 0 Å². The lowest BCUT2D eigenvalue weighted by atomic mass is 10.1. The van der Waals surface area contributed by atoms with E-state index in [1.54, 1.807) is 0 Å². The molecule has 20 heavy (non-hydrogen) atoms. The summed E-state index contributed by atoms with van der Waals surface area (Å²) in [5, 5.41) is 16.3. The molecule has 5 heteroatoms. The first-order chi connectivity index (χ1) is 9.69. The topological polar surface area (TPSA) is 71.2 Å². The summed E-state index contributed by atoms with van der Waals surface area (Å²) in [7, 11) is 0. The molecular formula is C15H21N3O2. The highest BCUT2D eigenvalue weighted by Crippen LogP contribution is 2.07. The van der Waals surface area contributed by atoms with E-state index in [1.807, 2.05) is 44.2 Å². The van der Waals surface area contributed by atoms with E-state index in [1.165, 1.54) is 0 Å². The summed E-state index contributed by atoms with van der Waals surface area (Å²) >= 11 is 0. The van der Waals surface area contributed by atoms with Gasteiger partial charge in [-0.2, -0.15) is 4.98 Å². The van der Waals surface area contributed by atoms with Crippen molar-refractivity contribution in [3.63, 3.8) is 0 Å². The van der Waals surface area contributed by atoms with Crippen LogP contribution >= 0.6 is 0 Å². The fourth-order valence-electron chi connectivity index (χ4n) is 1.82. The summed E-state index contributed by atoms with van der Waals surface area (Å²) in [6.45, 7) is 4.71. The van der Waals surface area contributed by atoms with Gasteiger partial charge in [0.2, 0.25) is 5.89 Å². The van der Waals surface area contributed by atoms with Gasteiger partial charge in [0, 0.05) is 19.1 Å². The number of rotatable bonds is 7. The van der Waals surface area contributed by atoms with Gasteiger partial charge in [-0.25, -0.2) is 0 Å². The lowest BCUT2D eigenvalue weighted by molar-refractivity contribution is 0.204. The molecule has 0 aliphatic heterocycles. The van der Waals surface area contributed by atoms with Crippen LogP contribution in [0.3, 0.4) is 0 Å². The van der Waals surface area contributed by atoms with Gasteiger partial charge in [-0.15, -0.1) is 0 Å². The van der Waals surface area contributed by atoms with Crippen LogP contribution in [0.4, 0.5) is 0 Å². The van der Waals surface area contributed by atoms with E-state index < -0.39 is 0 Å². The van der Waals surface area contributed by atoms with Gasteiger partial charge < -0.3 is 14.9 Å². The number of nitrogens with one attached hydrogen (secondary N) is 1. The molecule has 2 N–H and O–H groups in total. The largest absolute Gasteiger partial charge is 0.396 e. The summed E-state index contributed by atoms with van der Waals surface area (Å²) in [5.41, 5.74) is 1.16. The number of hydrogen-bond donors (Lipinski definition) is 2. The van der Waals surface area contributed by atoms with E-state index in [-0.39, 0.29) is 18.6 Å². The molecule has 0 aliphatic carbocycles. The Kier molecular flexibility index (Phi) is 5.26. The van der Waals surface area contributed by atoms with Crippen molar-refractivity contribution in [1.29, 1.82) is 0 Å². The zero-order valence-corrected chi connectivity index (χ0v) is 11.9. The van der Waals surface area contributed by atoms with Gasteiger partial charge >= 0.3 is 0 Å². The van der Waals surface area contributed by atoms with Crippen LogP contribution in [-0.4, -0.2) is 27.9 Å². The Morgan fingerprint density at radius 1 is 1.25 bits per heavy atom. The second kappa shape index (κ2) is 7.17. The van der Waals surface area contributed by atoms with E-state index in [4.69, 9.17) is 9.63 Å². The Morgan fingerprint density at radius 3 is 2.70 bits per heavy atom. The second-order valence-electron chi connectivity index (χ2n) is 5.10. The second-order valence-corrected chi connectivity index (χ2v) is 5.10. The highest BCUT2D eigenvalue weighted by Gasteiger charge is 2.12. The molecule has 0 amide bonds. The van der Waals surface area contributed by atoms with Crippen molar-refractivity contribution in [2.24, 2.45) is 5.92 Å². The fraction of sp³-hybridized carbons (Fsp3) is 0.467. The molecule has 2 atom stereocenters. The number of aliphatic hydroxyl groups is 1. The van der Waals surface area contributed by atoms with Gasteiger partial charge in [-0.1, -0.05) is 42.4 Å². The Hall–Kier alpha value is -1.72. The number of aliphatic hydroxyl groups excluding tert-OH is 1. The first-order valence-corrected chi connectivity index (χ1v) is 6.88. The summed E-state index contributed by atoms with van der Waals surface area (Å²) in [6, 6.07) is 10.3. The van der Waals surface area contributed by atoms with E-state index in [2.05, 4.69) is 15.5 Å². The number of benzene rings is 1. The Balaban J connectivity index is 1.86. The first kappa shape index (κ1) is 14.7. The third kappa shape index (κ3) is 4.15. The quantitative estimate of drug-likeness (QED) is 0.805. The molecule has 0 aliphatic rings. The summed E-state index contributed by atoms with van der Waals surface area (Å²) < 4.78 is 5.21. The van der Waals surface area contributed by atoms with Crippen molar-refractivity contribution >= 4 is 0 Å². The Labute approximate surface area is 119 Å². The minimum absolute atomic E-state index is 0.164. The third-order valence-electron chi connectivity index (χ3n) is 3.43. The standard InChI is InChI=1S/C15H21N3O2/c1-11(10-19)12(2)16-9-15-17-14(18-20-15)8-13-6-4-3-5-7-13/h3-7,11-12,16,19H,8-10H2,1-2H3. The third-order valence-corrected chi connectivity index (χ3v) is 3.43. The minimum Gasteiger partial charge on any atom is -0.396 e. The molecule has 0 spiro atoms. The molecule has 2 aromatic rings. The zero-order chi connectivity index (χ0) is 14.4. The van der Waals surface area contributed by atoms with Crippen molar-refractivity contribution in [1.82, 2.24) is 15.5 Å². The molecule has 1 heterocycles. The molecule has 0 saturated heterocycles. The van der Waals surface area contributed by atoms with E-state index in [9.17, 15) is 0 Å². The smallest absolute Gasteiger partial charge is 0.240 e. The Bertz CT molecular complexity index is 513. The highest BCUT2D eigenvalue weighted by molar-refractivity contribution is 5.18. The molecular weight excluding hydrogens is 254 g/mol. The van der Waals surface area contributed by atoms with E-state index in [0.717, 1.165) is 5.56 Å². The molecule has 0 saturated carbocycles. The van der Waals surface area contributed by atoms with Crippen LogP contribution in [-0.2, 0) is 13.0 Å². The molecule has 1 aromatic heterocycles. The normalized spacial score (nSPS) is 14.2. The van der Waals surface area contributed by atoms with Crippen molar-refractivity contribution < 1.29 is 9.63 Å². The van der Waals surface area contributed by atoms with Crippen LogP contribution in [0.15, 0.2) is 34.9 Å². The number of hydrogen-bond acceptors (Lipinski definition) is 5. The van der Waals surface area contributed by atoms with Crippen molar-refractivity contribution in [2.75, 3.05) is 6.61 Å². The van der Waals surface area contributed by atoms with Crippen LogP contribution < -0.4 is 5.32 Å². The SMILES string of the molecule is CC(CO)C(C)NCc1nc(Cc2ccccc2)no1. The van der Waals surface area contributed by atoms with Crippen molar-refractivity contribution in [3.8, 4) is 0 Å². The fourth-order valence-corrected chi connectivity index (χ4v) is 1.82. The maximum Gasteiger partial charge on any atom is 0.240 e. The molecule has 1 aromatic carbocycles. The van der Waals surface area contributed by atoms with Gasteiger partial charge in [-0.05, 0) is 18.4 Å².